The highest BCUT2D eigenvalue weighted by atomic mass is 79.9. The molecule has 0 saturated carbocycles. The molecule has 5 heteroatoms. The van der Waals surface area contributed by atoms with Crippen molar-refractivity contribution in [2.75, 3.05) is 7.11 Å². The molecular formula is C16H16BrF2NO. The van der Waals surface area contributed by atoms with Gasteiger partial charge in [-0.05, 0) is 43.2 Å². The lowest BCUT2D eigenvalue weighted by molar-refractivity contribution is 0.406. The van der Waals surface area contributed by atoms with Crippen LogP contribution in [-0.4, -0.2) is 7.11 Å². The number of nitrogens with two attached hydrogens (primary N) is 1. The van der Waals surface area contributed by atoms with E-state index < -0.39 is 17.7 Å². The van der Waals surface area contributed by atoms with Gasteiger partial charge in [0.2, 0.25) is 0 Å². The summed E-state index contributed by atoms with van der Waals surface area (Å²) < 4.78 is 34.3. The summed E-state index contributed by atoms with van der Waals surface area (Å²) in [6.45, 7) is 3.48. The van der Waals surface area contributed by atoms with Crippen LogP contribution in [0.3, 0.4) is 0 Å². The van der Waals surface area contributed by atoms with E-state index in [4.69, 9.17) is 10.5 Å². The van der Waals surface area contributed by atoms with Crippen molar-refractivity contribution < 1.29 is 13.5 Å². The molecule has 0 spiro atoms. The number of halogens is 3. The zero-order chi connectivity index (χ0) is 15.7. The van der Waals surface area contributed by atoms with Gasteiger partial charge in [-0.25, -0.2) is 8.78 Å². The average molecular weight is 356 g/mol. The maximum atomic E-state index is 14.2. The molecule has 2 rings (SSSR count). The highest BCUT2D eigenvalue weighted by Gasteiger charge is 2.23. The van der Waals surface area contributed by atoms with E-state index in [1.165, 1.54) is 19.2 Å². The molecule has 2 nitrogen and oxygen atoms in total. The average Bonchev–Trinajstić information content (AvgIpc) is 2.45. The lowest BCUT2D eigenvalue weighted by Crippen LogP contribution is -2.17. The van der Waals surface area contributed by atoms with Gasteiger partial charge in [0.05, 0.1) is 13.2 Å². The van der Waals surface area contributed by atoms with Crippen LogP contribution < -0.4 is 10.5 Å². The fourth-order valence-electron chi connectivity index (χ4n) is 2.21. The Morgan fingerprint density at radius 3 is 2.43 bits per heavy atom. The molecule has 0 amide bonds. The minimum atomic E-state index is -0.947. The predicted molar refractivity (Wildman–Crippen MR) is 82.6 cm³/mol. The first kappa shape index (κ1) is 15.9. The molecule has 1 atom stereocenters. The van der Waals surface area contributed by atoms with Crippen LogP contribution in [0, 0.1) is 25.5 Å². The van der Waals surface area contributed by atoms with Gasteiger partial charge in [-0.15, -0.1) is 0 Å². The normalized spacial score (nSPS) is 12.3. The summed E-state index contributed by atoms with van der Waals surface area (Å²) in [5.41, 5.74) is 7.78. The number of hydrogen-bond donors (Lipinski definition) is 1. The second-order valence-electron chi connectivity index (χ2n) is 4.91. The third kappa shape index (κ3) is 2.94. The molecule has 0 aliphatic rings. The second-order valence-corrected chi connectivity index (χ2v) is 5.77. The van der Waals surface area contributed by atoms with Crippen LogP contribution >= 0.6 is 15.9 Å². The van der Waals surface area contributed by atoms with Gasteiger partial charge in [0, 0.05) is 15.6 Å². The zero-order valence-corrected chi connectivity index (χ0v) is 13.6. The highest BCUT2D eigenvalue weighted by molar-refractivity contribution is 9.10. The third-order valence-electron chi connectivity index (χ3n) is 3.48. The molecule has 1 unspecified atom stereocenters. The summed E-state index contributed by atoms with van der Waals surface area (Å²) in [5, 5.41) is 0. The molecular weight excluding hydrogens is 340 g/mol. The van der Waals surface area contributed by atoms with Crippen LogP contribution in [0.15, 0.2) is 28.7 Å². The largest absolute Gasteiger partial charge is 0.496 e. The van der Waals surface area contributed by atoms with Crippen molar-refractivity contribution in [1.29, 1.82) is 0 Å². The van der Waals surface area contributed by atoms with E-state index >= 15 is 0 Å². The van der Waals surface area contributed by atoms with Gasteiger partial charge in [-0.1, -0.05) is 22.0 Å². The Morgan fingerprint density at radius 2 is 1.81 bits per heavy atom. The Hall–Kier alpha value is -1.46. The standard InChI is InChI=1S/C16H16BrF2NO/c1-8-4-5-12(18)14(15(8)19)16(20)10-7-11(17)9(2)6-13(10)21-3/h4-7,16H,20H2,1-3H3. The maximum Gasteiger partial charge on any atom is 0.134 e. The van der Waals surface area contributed by atoms with Gasteiger partial charge in [-0.2, -0.15) is 0 Å². The third-order valence-corrected chi connectivity index (χ3v) is 4.33. The first-order chi connectivity index (χ1) is 9.86. The van der Waals surface area contributed by atoms with Gasteiger partial charge < -0.3 is 10.5 Å². The predicted octanol–water partition coefficient (Wildman–Crippen LogP) is 4.40. The van der Waals surface area contributed by atoms with Gasteiger partial charge in [0.15, 0.2) is 0 Å². The van der Waals surface area contributed by atoms with Crippen molar-refractivity contribution in [1.82, 2.24) is 0 Å². The number of aryl methyl sites for hydroxylation is 2. The molecule has 0 bridgehead atoms. The summed E-state index contributed by atoms with van der Waals surface area (Å²) in [4.78, 5) is 0. The summed E-state index contributed by atoms with van der Waals surface area (Å²) in [7, 11) is 1.50. The fourth-order valence-corrected chi connectivity index (χ4v) is 2.57. The lowest BCUT2D eigenvalue weighted by atomic mass is 9.95. The fraction of sp³-hybridized carbons (Fsp3) is 0.250. The maximum absolute atomic E-state index is 14.2. The smallest absolute Gasteiger partial charge is 0.134 e. The minimum absolute atomic E-state index is 0.149. The SMILES string of the molecule is COc1cc(C)c(Br)cc1C(N)c1c(F)ccc(C)c1F. The molecule has 2 aromatic rings. The van der Waals surface area contributed by atoms with Crippen LogP contribution in [0.4, 0.5) is 8.78 Å². The highest BCUT2D eigenvalue weighted by Crippen LogP contribution is 2.35. The van der Waals surface area contributed by atoms with Gasteiger partial charge >= 0.3 is 0 Å². The molecule has 0 aromatic heterocycles. The summed E-state index contributed by atoms with van der Waals surface area (Å²) >= 11 is 3.40. The Morgan fingerprint density at radius 1 is 1.14 bits per heavy atom. The lowest BCUT2D eigenvalue weighted by Gasteiger charge is -2.19. The summed E-state index contributed by atoms with van der Waals surface area (Å²) in [5.74, 6) is -0.783. The molecule has 0 radical (unpaired) electrons. The van der Waals surface area contributed by atoms with Crippen LogP contribution in [0.5, 0.6) is 5.75 Å². The quantitative estimate of drug-likeness (QED) is 0.885. The molecule has 112 valence electrons. The van der Waals surface area contributed by atoms with Crippen LogP contribution in [0.2, 0.25) is 0 Å². The number of methoxy groups -OCH3 is 1. The molecule has 2 N–H and O–H groups in total. The van der Waals surface area contributed by atoms with Crippen molar-refractivity contribution in [3.05, 3.63) is 62.6 Å². The summed E-state index contributed by atoms with van der Waals surface area (Å²) in [6, 6.07) is 5.19. The van der Waals surface area contributed by atoms with E-state index in [-0.39, 0.29) is 5.56 Å². The number of rotatable bonds is 3. The number of ether oxygens (including phenoxy) is 1. The molecule has 0 fully saturated rings. The van der Waals surface area contributed by atoms with Crippen LogP contribution in [-0.2, 0) is 0 Å². The first-order valence-corrected chi connectivity index (χ1v) is 7.20. The van der Waals surface area contributed by atoms with Crippen LogP contribution in [0.1, 0.15) is 28.3 Å². The van der Waals surface area contributed by atoms with Crippen molar-refractivity contribution >= 4 is 15.9 Å². The van der Waals surface area contributed by atoms with Crippen molar-refractivity contribution in [3.63, 3.8) is 0 Å². The molecule has 0 aliphatic heterocycles. The zero-order valence-electron chi connectivity index (χ0n) is 12.0. The topological polar surface area (TPSA) is 35.2 Å². The van der Waals surface area contributed by atoms with E-state index in [0.717, 1.165) is 10.0 Å². The van der Waals surface area contributed by atoms with Gasteiger partial charge in [0.1, 0.15) is 17.4 Å². The van der Waals surface area contributed by atoms with Crippen molar-refractivity contribution in [2.24, 2.45) is 5.73 Å². The monoisotopic (exact) mass is 355 g/mol. The van der Waals surface area contributed by atoms with E-state index in [1.54, 1.807) is 19.1 Å². The van der Waals surface area contributed by atoms with E-state index in [0.29, 0.717) is 16.9 Å². The molecule has 0 aliphatic carbocycles. The number of hydrogen-bond acceptors (Lipinski definition) is 2. The molecule has 21 heavy (non-hydrogen) atoms. The Labute approximate surface area is 131 Å². The molecule has 2 aromatic carbocycles. The van der Waals surface area contributed by atoms with Crippen molar-refractivity contribution in [3.8, 4) is 5.75 Å². The van der Waals surface area contributed by atoms with E-state index in [9.17, 15) is 8.78 Å². The van der Waals surface area contributed by atoms with Crippen molar-refractivity contribution in [2.45, 2.75) is 19.9 Å². The Kier molecular flexibility index (Phi) is 4.64. The van der Waals surface area contributed by atoms with Gasteiger partial charge in [0.25, 0.3) is 0 Å². The second kappa shape index (κ2) is 6.12. The van der Waals surface area contributed by atoms with E-state index in [1.807, 2.05) is 6.92 Å². The van der Waals surface area contributed by atoms with E-state index in [2.05, 4.69) is 15.9 Å². The molecule has 0 heterocycles. The Balaban J connectivity index is 2.63. The van der Waals surface area contributed by atoms with Gasteiger partial charge in [-0.3, -0.25) is 0 Å². The summed E-state index contributed by atoms with van der Waals surface area (Å²) in [6.07, 6.45) is 0. The minimum Gasteiger partial charge on any atom is -0.496 e. The van der Waals surface area contributed by atoms with Crippen LogP contribution in [0.25, 0.3) is 0 Å². The number of benzene rings is 2. The Bertz CT molecular complexity index is 688. The first-order valence-electron chi connectivity index (χ1n) is 6.41. The molecule has 0 saturated heterocycles.